The zero-order valence-electron chi connectivity index (χ0n) is 20.1. The van der Waals surface area contributed by atoms with Crippen LogP contribution in [-0.2, 0) is 0 Å². The maximum absolute atomic E-state index is 14.6. The number of rotatable bonds is 6. The normalized spacial score (nSPS) is 33.8. The first kappa shape index (κ1) is 24.4. The molecule has 3 aliphatic carbocycles. The molecule has 0 aromatic heterocycles. The Kier molecular flexibility index (Phi) is 8.22. The van der Waals surface area contributed by atoms with E-state index in [2.05, 4.69) is 37.0 Å². The minimum atomic E-state index is -0.995. The van der Waals surface area contributed by atoms with Crippen LogP contribution in [-0.4, -0.2) is 5.11 Å². The van der Waals surface area contributed by atoms with Crippen molar-refractivity contribution < 1.29 is 13.9 Å². The summed E-state index contributed by atoms with van der Waals surface area (Å²) in [5.74, 6) is 1.84. The molecule has 0 bridgehead atoms. The molecule has 1 N–H and O–H groups in total. The molecule has 3 aliphatic rings. The Morgan fingerprint density at radius 3 is 2.15 bits per heavy atom. The van der Waals surface area contributed by atoms with Gasteiger partial charge in [-0.15, -0.1) is 6.58 Å². The standard InChI is InChI=1S/C30H40F2O/c1-3-21-6-12-24(13-7-21)25-14-8-22(9-15-25)4-5-23-10-16-26(17-11-23)28-19-18-27(20(2)33)29(31)30(28)32/h3-5,8,14,18-26,33H,1,6-7,9-13,15-17H2,2H3/b5-4+. The molecular weight excluding hydrogens is 414 g/mol. The van der Waals surface area contributed by atoms with Crippen LogP contribution in [0.5, 0.6) is 0 Å². The van der Waals surface area contributed by atoms with Crippen LogP contribution in [0.25, 0.3) is 0 Å². The summed E-state index contributed by atoms with van der Waals surface area (Å²) in [4.78, 5) is 0. The molecule has 1 nitrogen and oxygen atoms in total. The van der Waals surface area contributed by atoms with Crippen LogP contribution in [0.2, 0.25) is 0 Å². The lowest BCUT2D eigenvalue weighted by molar-refractivity contribution is 0.192. The predicted octanol–water partition coefficient (Wildman–Crippen LogP) is 8.42. The maximum atomic E-state index is 14.6. The molecule has 3 unspecified atom stereocenters. The summed E-state index contributed by atoms with van der Waals surface area (Å²) in [6.07, 6.45) is 22.5. The number of hydrogen-bond acceptors (Lipinski definition) is 1. The van der Waals surface area contributed by atoms with Crippen LogP contribution >= 0.6 is 0 Å². The Morgan fingerprint density at radius 2 is 1.55 bits per heavy atom. The highest BCUT2D eigenvalue weighted by atomic mass is 19.2. The fourth-order valence-electron chi connectivity index (χ4n) is 6.36. The van der Waals surface area contributed by atoms with Gasteiger partial charge in [0.25, 0.3) is 0 Å². The van der Waals surface area contributed by atoms with Gasteiger partial charge >= 0.3 is 0 Å². The summed E-state index contributed by atoms with van der Waals surface area (Å²) in [5.41, 5.74) is 0.516. The van der Waals surface area contributed by atoms with Gasteiger partial charge in [0, 0.05) is 5.56 Å². The van der Waals surface area contributed by atoms with Crippen molar-refractivity contribution in [3.05, 3.63) is 71.9 Å². The molecule has 0 saturated heterocycles. The lowest BCUT2D eigenvalue weighted by Crippen LogP contribution is -2.22. The Labute approximate surface area is 198 Å². The molecule has 180 valence electrons. The van der Waals surface area contributed by atoms with E-state index in [1.165, 1.54) is 51.5 Å². The maximum Gasteiger partial charge on any atom is 0.164 e. The molecule has 2 saturated carbocycles. The van der Waals surface area contributed by atoms with Crippen LogP contribution in [0.4, 0.5) is 8.78 Å². The molecule has 1 aromatic carbocycles. The van der Waals surface area contributed by atoms with Crippen LogP contribution in [0.1, 0.15) is 94.3 Å². The SMILES string of the molecule is C=CC1CCC(C2C=CC(/C=C/C3CCC(c4ccc(C(C)O)c(F)c4F)CC3)CC2)CC1. The van der Waals surface area contributed by atoms with E-state index in [1.54, 1.807) is 6.07 Å². The van der Waals surface area contributed by atoms with Crippen molar-refractivity contribution in [2.24, 2.45) is 29.6 Å². The number of allylic oxidation sites excluding steroid dienone is 5. The van der Waals surface area contributed by atoms with Crippen molar-refractivity contribution in [2.75, 3.05) is 0 Å². The molecule has 1 aromatic rings. The predicted molar refractivity (Wildman–Crippen MR) is 132 cm³/mol. The average Bonchev–Trinajstić information content (AvgIpc) is 2.85. The molecule has 0 heterocycles. The fraction of sp³-hybridized carbons (Fsp3) is 0.600. The van der Waals surface area contributed by atoms with E-state index in [9.17, 15) is 13.9 Å². The van der Waals surface area contributed by atoms with Crippen molar-refractivity contribution in [1.29, 1.82) is 0 Å². The van der Waals surface area contributed by atoms with Gasteiger partial charge in [-0.05, 0) is 112 Å². The molecule has 0 aliphatic heterocycles. The molecule has 0 amide bonds. The van der Waals surface area contributed by atoms with Gasteiger partial charge < -0.3 is 5.11 Å². The third kappa shape index (κ3) is 5.85. The van der Waals surface area contributed by atoms with E-state index in [0.29, 0.717) is 17.4 Å². The molecule has 3 heteroatoms. The lowest BCUT2D eigenvalue weighted by Gasteiger charge is -2.34. The molecule has 0 radical (unpaired) electrons. The number of aliphatic hydroxyl groups excluding tert-OH is 1. The Bertz CT molecular complexity index is 854. The highest BCUT2D eigenvalue weighted by Crippen LogP contribution is 2.41. The van der Waals surface area contributed by atoms with E-state index in [4.69, 9.17) is 0 Å². The summed E-state index contributed by atoms with van der Waals surface area (Å²) in [5, 5.41) is 9.61. The van der Waals surface area contributed by atoms with Gasteiger partial charge in [-0.25, -0.2) is 8.78 Å². The fourth-order valence-corrected chi connectivity index (χ4v) is 6.36. The second-order valence-electron chi connectivity index (χ2n) is 10.7. The van der Waals surface area contributed by atoms with Gasteiger partial charge in [0.05, 0.1) is 6.10 Å². The van der Waals surface area contributed by atoms with Gasteiger partial charge in [-0.1, -0.05) is 42.5 Å². The Hall–Kier alpha value is -1.74. The minimum Gasteiger partial charge on any atom is -0.389 e. The first-order valence-electron chi connectivity index (χ1n) is 13.1. The van der Waals surface area contributed by atoms with E-state index in [1.807, 2.05) is 0 Å². The monoisotopic (exact) mass is 454 g/mol. The molecule has 4 rings (SSSR count). The van der Waals surface area contributed by atoms with Crippen LogP contribution in [0.3, 0.4) is 0 Å². The van der Waals surface area contributed by atoms with Gasteiger partial charge in [-0.3, -0.25) is 0 Å². The number of halogens is 2. The van der Waals surface area contributed by atoms with Gasteiger partial charge in [-0.2, -0.15) is 0 Å². The molecule has 2 fully saturated rings. The van der Waals surface area contributed by atoms with Crippen LogP contribution in [0.15, 0.2) is 49.1 Å². The highest BCUT2D eigenvalue weighted by Gasteiger charge is 2.28. The highest BCUT2D eigenvalue weighted by molar-refractivity contribution is 5.30. The van der Waals surface area contributed by atoms with Crippen LogP contribution in [0, 0.1) is 41.2 Å². The third-order valence-electron chi connectivity index (χ3n) is 8.63. The molecule has 0 spiro atoms. The lowest BCUT2D eigenvalue weighted by atomic mass is 9.72. The minimum absolute atomic E-state index is 0.0418. The topological polar surface area (TPSA) is 20.2 Å². The molecule has 3 atom stereocenters. The number of benzene rings is 1. The van der Waals surface area contributed by atoms with Crippen molar-refractivity contribution in [3.63, 3.8) is 0 Å². The number of aliphatic hydroxyl groups is 1. The second-order valence-corrected chi connectivity index (χ2v) is 10.7. The van der Waals surface area contributed by atoms with Gasteiger partial charge in [0.15, 0.2) is 11.6 Å². The van der Waals surface area contributed by atoms with E-state index in [-0.39, 0.29) is 11.5 Å². The Balaban J connectivity index is 1.26. The summed E-state index contributed by atoms with van der Waals surface area (Å²) < 4.78 is 28.9. The third-order valence-corrected chi connectivity index (χ3v) is 8.63. The van der Waals surface area contributed by atoms with Crippen molar-refractivity contribution in [1.82, 2.24) is 0 Å². The average molecular weight is 455 g/mol. The largest absolute Gasteiger partial charge is 0.389 e. The smallest absolute Gasteiger partial charge is 0.164 e. The zero-order valence-corrected chi connectivity index (χ0v) is 20.1. The summed E-state index contributed by atoms with van der Waals surface area (Å²) >= 11 is 0. The van der Waals surface area contributed by atoms with Crippen molar-refractivity contribution in [3.8, 4) is 0 Å². The van der Waals surface area contributed by atoms with Gasteiger partial charge in [0.1, 0.15) is 0 Å². The molecule has 33 heavy (non-hydrogen) atoms. The summed E-state index contributed by atoms with van der Waals surface area (Å²) in [6.45, 7) is 5.43. The van der Waals surface area contributed by atoms with Crippen molar-refractivity contribution in [2.45, 2.75) is 83.2 Å². The first-order chi connectivity index (χ1) is 16.0. The van der Waals surface area contributed by atoms with E-state index >= 15 is 0 Å². The summed E-state index contributed by atoms with van der Waals surface area (Å²) in [7, 11) is 0. The van der Waals surface area contributed by atoms with Gasteiger partial charge in [0.2, 0.25) is 0 Å². The number of hydrogen-bond donors (Lipinski definition) is 1. The zero-order chi connectivity index (χ0) is 23.4. The molecular formula is C30H40F2O. The van der Waals surface area contributed by atoms with Crippen molar-refractivity contribution >= 4 is 0 Å². The second kappa shape index (κ2) is 11.1. The quantitative estimate of drug-likeness (QED) is 0.428. The van der Waals surface area contributed by atoms with E-state index < -0.39 is 17.7 Å². The Morgan fingerprint density at radius 1 is 0.848 bits per heavy atom. The van der Waals surface area contributed by atoms with Crippen LogP contribution < -0.4 is 0 Å². The van der Waals surface area contributed by atoms with E-state index in [0.717, 1.165) is 43.4 Å². The summed E-state index contributed by atoms with van der Waals surface area (Å²) in [6, 6.07) is 3.21. The first-order valence-corrected chi connectivity index (χ1v) is 13.1.